The average Bonchev–Trinajstić information content (AvgIpc) is 0.993. The Kier molecular flexibility index (Phi) is 68.1. The van der Waals surface area contributed by atoms with E-state index >= 15 is 0 Å². The first-order valence-corrected chi connectivity index (χ1v) is 43.9. The summed E-state index contributed by atoms with van der Waals surface area (Å²) >= 11 is 0. The molecule has 0 bridgehead atoms. The zero-order chi connectivity index (χ0) is 72.3. The fourth-order valence-electron chi connectivity index (χ4n) is 12.1. The molecule has 3 N–H and O–H groups in total. The molecule has 0 aliphatic heterocycles. The van der Waals surface area contributed by atoms with E-state index in [1.165, 1.54) is 212 Å². The number of carbonyl (C=O) groups is 4. The first-order chi connectivity index (χ1) is 47.3. The van der Waals surface area contributed by atoms with E-state index in [4.69, 9.17) is 37.0 Å². The van der Waals surface area contributed by atoms with Crippen LogP contribution in [0.3, 0.4) is 0 Å². The Bertz CT molecular complexity index is 1910. The zero-order valence-electron chi connectivity index (χ0n) is 64.3. The molecule has 582 valence electrons. The minimum absolute atomic E-state index is 0.106. The fourth-order valence-corrected chi connectivity index (χ4v) is 13.7. The molecule has 0 heterocycles. The molecule has 98 heavy (non-hydrogen) atoms. The van der Waals surface area contributed by atoms with Gasteiger partial charge in [-0.05, 0) is 43.4 Å². The maximum atomic E-state index is 13.1. The fraction of sp³-hybridized carbons (Fsp3) is 0.949. The number of hydrogen-bond donors (Lipinski definition) is 3. The average molecular weight is 1440 g/mol. The molecule has 17 nitrogen and oxygen atoms in total. The first kappa shape index (κ1) is 96.1. The highest BCUT2D eigenvalue weighted by Crippen LogP contribution is 2.45. The van der Waals surface area contributed by atoms with E-state index in [9.17, 15) is 43.2 Å². The monoisotopic (exact) mass is 1440 g/mol. The summed E-state index contributed by atoms with van der Waals surface area (Å²) in [5, 5.41) is 10.6. The Morgan fingerprint density at radius 2 is 0.520 bits per heavy atom. The molecule has 0 aliphatic carbocycles. The molecule has 0 fully saturated rings. The molecule has 0 aromatic rings. The van der Waals surface area contributed by atoms with Crippen molar-refractivity contribution in [1.82, 2.24) is 0 Å². The molecule has 0 saturated heterocycles. The molecular weight excluding hydrogens is 1280 g/mol. The van der Waals surface area contributed by atoms with Gasteiger partial charge in [-0.15, -0.1) is 0 Å². The van der Waals surface area contributed by atoms with E-state index in [1.54, 1.807) is 0 Å². The first-order valence-electron chi connectivity index (χ1n) is 40.9. The van der Waals surface area contributed by atoms with E-state index in [2.05, 4.69) is 48.5 Å². The molecule has 0 aliphatic rings. The van der Waals surface area contributed by atoms with Gasteiger partial charge in [0.15, 0.2) is 12.2 Å². The van der Waals surface area contributed by atoms with Crippen LogP contribution in [-0.2, 0) is 65.4 Å². The standard InChI is InChI=1S/C79H154O17P2/c1-8-10-11-43-53-60-76(81)89-66-74(95-78(83)62-55-49-42-36-30-24-17-15-20-26-32-38-45-51-58-71(5)6)68-93-97(85,86)91-64-73(80)65-92-98(87,88)94-69-75(96-79(84)63-56-48-41-35-29-23-14-12-13-19-25-31-37-44-50-57-70(3)4)67-90-77(82)61-54-47-40-34-28-22-18-16-21-27-33-39-46-52-59-72(7)9-2/h70-75,80H,8-69H2,1-7H3,(H,85,86)(H,87,88)/t72?,73-,74+,75+/m0/s1. The quantitative estimate of drug-likeness (QED) is 0.0222. The minimum atomic E-state index is -4.96. The third kappa shape index (κ3) is 71.1. The highest BCUT2D eigenvalue weighted by atomic mass is 31.2. The van der Waals surface area contributed by atoms with Gasteiger partial charge in [-0.1, -0.05) is 357 Å². The van der Waals surface area contributed by atoms with Crippen LogP contribution in [0.25, 0.3) is 0 Å². The van der Waals surface area contributed by atoms with Crippen LogP contribution in [0, 0.1) is 17.8 Å². The smallest absolute Gasteiger partial charge is 0.462 e. The van der Waals surface area contributed by atoms with Crippen molar-refractivity contribution in [2.45, 2.75) is 426 Å². The number of carbonyl (C=O) groups excluding carboxylic acids is 4. The molecule has 0 rings (SSSR count). The van der Waals surface area contributed by atoms with Crippen molar-refractivity contribution >= 4 is 39.5 Å². The van der Waals surface area contributed by atoms with E-state index in [-0.39, 0.29) is 25.7 Å². The molecule has 0 aromatic heterocycles. The van der Waals surface area contributed by atoms with E-state index < -0.39 is 97.5 Å². The Morgan fingerprint density at radius 1 is 0.296 bits per heavy atom. The predicted octanol–water partition coefficient (Wildman–Crippen LogP) is 23.4. The maximum Gasteiger partial charge on any atom is 0.472 e. The summed E-state index contributed by atoms with van der Waals surface area (Å²) in [6.45, 7) is 11.9. The van der Waals surface area contributed by atoms with Gasteiger partial charge in [0.1, 0.15) is 19.3 Å². The second-order valence-electron chi connectivity index (χ2n) is 29.6. The Morgan fingerprint density at radius 3 is 0.776 bits per heavy atom. The second kappa shape index (κ2) is 69.4. The Balaban J connectivity index is 5.13. The number of esters is 4. The number of rotatable bonds is 77. The molecule has 0 spiro atoms. The number of phosphoric acid groups is 2. The van der Waals surface area contributed by atoms with E-state index in [0.717, 1.165) is 114 Å². The number of ether oxygens (including phenoxy) is 4. The number of aliphatic hydroxyl groups is 1. The van der Waals surface area contributed by atoms with Crippen LogP contribution in [0.5, 0.6) is 0 Å². The lowest BCUT2D eigenvalue weighted by atomic mass is 9.99. The van der Waals surface area contributed by atoms with Gasteiger partial charge in [-0.25, -0.2) is 9.13 Å². The highest BCUT2D eigenvalue weighted by molar-refractivity contribution is 7.47. The van der Waals surface area contributed by atoms with Crippen molar-refractivity contribution in [1.29, 1.82) is 0 Å². The largest absolute Gasteiger partial charge is 0.472 e. The minimum Gasteiger partial charge on any atom is -0.462 e. The maximum absolute atomic E-state index is 13.1. The van der Waals surface area contributed by atoms with Gasteiger partial charge >= 0.3 is 39.5 Å². The van der Waals surface area contributed by atoms with Crippen LogP contribution < -0.4 is 0 Å². The molecule has 6 atom stereocenters. The third-order valence-electron chi connectivity index (χ3n) is 18.7. The van der Waals surface area contributed by atoms with Crippen LogP contribution >= 0.6 is 15.6 Å². The second-order valence-corrected chi connectivity index (χ2v) is 32.6. The zero-order valence-corrected chi connectivity index (χ0v) is 66.0. The van der Waals surface area contributed by atoms with Crippen molar-refractivity contribution in [3.63, 3.8) is 0 Å². The summed E-state index contributed by atoms with van der Waals surface area (Å²) in [5.41, 5.74) is 0. The molecular formula is C79H154O17P2. The third-order valence-corrected chi connectivity index (χ3v) is 20.6. The molecule has 0 aromatic carbocycles. The summed E-state index contributed by atoms with van der Waals surface area (Å²) in [5.74, 6) is 0.324. The van der Waals surface area contributed by atoms with Gasteiger partial charge in [0.05, 0.1) is 26.4 Å². The van der Waals surface area contributed by atoms with Crippen LogP contribution in [-0.4, -0.2) is 96.7 Å². The van der Waals surface area contributed by atoms with Gasteiger partial charge in [0, 0.05) is 25.7 Å². The summed E-state index contributed by atoms with van der Waals surface area (Å²) in [7, 11) is -9.91. The highest BCUT2D eigenvalue weighted by Gasteiger charge is 2.30. The number of unbranched alkanes of at least 4 members (excludes halogenated alkanes) is 44. The van der Waals surface area contributed by atoms with Gasteiger partial charge in [-0.3, -0.25) is 37.3 Å². The summed E-state index contributed by atoms with van der Waals surface area (Å²) in [4.78, 5) is 72.7. The van der Waals surface area contributed by atoms with Crippen LogP contribution in [0.15, 0.2) is 0 Å². The van der Waals surface area contributed by atoms with Crippen molar-refractivity contribution in [3.8, 4) is 0 Å². The Labute approximate surface area is 600 Å². The van der Waals surface area contributed by atoms with Gasteiger partial charge in [0.2, 0.25) is 0 Å². The lowest BCUT2D eigenvalue weighted by molar-refractivity contribution is -0.161. The lowest BCUT2D eigenvalue weighted by Crippen LogP contribution is -2.30. The van der Waals surface area contributed by atoms with Crippen molar-refractivity contribution < 1.29 is 80.2 Å². The van der Waals surface area contributed by atoms with Crippen LogP contribution in [0.2, 0.25) is 0 Å². The number of hydrogen-bond acceptors (Lipinski definition) is 15. The molecule has 3 unspecified atom stereocenters. The lowest BCUT2D eigenvalue weighted by Gasteiger charge is -2.21. The normalized spacial score (nSPS) is 14.3. The van der Waals surface area contributed by atoms with Crippen molar-refractivity contribution in [2.75, 3.05) is 39.6 Å². The number of aliphatic hydroxyl groups excluding tert-OH is 1. The van der Waals surface area contributed by atoms with Crippen molar-refractivity contribution in [3.05, 3.63) is 0 Å². The van der Waals surface area contributed by atoms with Crippen LogP contribution in [0.1, 0.15) is 408 Å². The Hall–Kier alpha value is -1.94. The molecule has 0 amide bonds. The number of phosphoric ester groups is 2. The van der Waals surface area contributed by atoms with Crippen LogP contribution in [0.4, 0.5) is 0 Å². The topological polar surface area (TPSA) is 237 Å². The van der Waals surface area contributed by atoms with Crippen molar-refractivity contribution in [2.24, 2.45) is 17.8 Å². The van der Waals surface area contributed by atoms with E-state index in [0.29, 0.717) is 25.7 Å². The summed E-state index contributed by atoms with van der Waals surface area (Å²) in [6.07, 6.45) is 57.2. The van der Waals surface area contributed by atoms with Gasteiger partial charge in [-0.2, -0.15) is 0 Å². The summed E-state index contributed by atoms with van der Waals surface area (Å²) < 4.78 is 68.4. The summed E-state index contributed by atoms with van der Waals surface area (Å²) in [6, 6.07) is 0. The molecule has 0 saturated carbocycles. The SMILES string of the molecule is CCCCCCCC(=O)OC[C@H](COP(=O)(O)OC[C@H](O)COP(=O)(O)OC[C@@H](COC(=O)CCCCCCCCCCCCCCCCC(C)CC)OC(=O)CCCCCCCCCCCCCCCCCC(C)C)OC(=O)CCCCCCCCCCCCCCCCC(C)C. The van der Waals surface area contributed by atoms with Gasteiger partial charge in [0.25, 0.3) is 0 Å². The van der Waals surface area contributed by atoms with Gasteiger partial charge < -0.3 is 33.8 Å². The molecule has 19 heteroatoms. The molecule has 0 radical (unpaired) electrons. The van der Waals surface area contributed by atoms with E-state index in [1.807, 2.05) is 0 Å². The predicted molar refractivity (Wildman–Crippen MR) is 400 cm³/mol.